The molecule has 264 valence electrons. The Labute approximate surface area is 288 Å². The summed E-state index contributed by atoms with van der Waals surface area (Å²) in [7, 11) is 0. The van der Waals surface area contributed by atoms with Gasteiger partial charge in [-0.15, -0.1) is 0 Å². The first-order valence-electron chi connectivity index (χ1n) is 16.4. The van der Waals surface area contributed by atoms with Crippen LogP contribution in [0.1, 0.15) is 68.5 Å². The molecule has 1 heterocycles. The van der Waals surface area contributed by atoms with Crippen molar-refractivity contribution in [3.63, 3.8) is 0 Å². The van der Waals surface area contributed by atoms with Gasteiger partial charge in [-0.3, -0.25) is 0 Å². The number of esters is 3. The monoisotopic (exact) mass is 686 g/mol. The predicted octanol–water partition coefficient (Wildman–Crippen LogP) is 2.96. The van der Waals surface area contributed by atoms with Gasteiger partial charge in [-0.2, -0.15) is 0 Å². The molecule has 0 amide bonds. The Morgan fingerprint density at radius 3 is 1.34 bits per heavy atom. The van der Waals surface area contributed by atoms with Gasteiger partial charge in [0.15, 0.2) is 0 Å². The zero-order chi connectivity index (χ0) is 36.2. The van der Waals surface area contributed by atoms with Gasteiger partial charge in [-0.05, 0) is 71.8 Å². The maximum absolute atomic E-state index is 13.4. The average Bonchev–Trinajstić information content (AvgIpc) is 3.12. The number of hydrogen-bond acceptors (Lipinski definition) is 10. The van der Waals surface area contributed by atoms with Crippen LogP contribution in [-0.4, -0.2) is 51.4 Å². The van der Waals surface area contributed by atoms with Crippen LogP contribution in [0.3, 0.4) is 0 Å². The van der Waals surface area contributed by atoms with Gasteiger partial charge in [-0.1, -0.05) is 57.2 Å². The fourth-order valence-electron chi connectivity index (χ4n) is 5.24. The average molecular weight is 687 g/mol. The number of carbonyl (C=O) groups is 3. The Bertz CT molecular complexity index is 1910. The summed E-state index contributed by atoms with van der Waals surface area (Å²) in [5.41, 5.74) is 6.19. The lowest BCUT2D eigenvalue weighted by atomic mass is 10.0. The molecular formula is C37H42N4O9. The SMILES string of the molecule is CCc1cccc(C(=O)OCCn2c(=O)n(CCOC(=O)c3cccc(CN)c3)c(=O)n(CCOC(=O)c3cccc(CC(C)C)c3)c2=O)c1. The number of aromatic nitrogens is 3. The molecule has 0 radical (unpaired) electrons. The summed E-state index contributed by atoms with van der Waals surface area (Å²) >= 11 is 0. The second kappa shape index (κ2) is 17.7. The van der Waals surface area contributed by atoms with Gasteiger partial charge in [0.2, 0.25) is 0 Å². The minimum Gasteiger partial charge on any atom is -0.460 e. The van der Waals surface area contributed by atoms with E-state index in [0.717, 1.165) is 31.2 Å². The van der Waals surface area contributed by atoms with E-state index in [2.05, 4.69) is 13.8 Å². The molecule has 0 aliphatic heterocycles. The molecule has 0 saturated heterocycles. The number of nitrogens with two attached hydrogens (primary N) is 1. The van der Waals surface area contributed by atoms with Gasteiger partial charge in [0.1, 0.15) is 19.8 Å². The van der Waals surface area contributed by atoms with E-state index in [0.29, 0.717) is 29.0 Å². The van der Waals surface area contributed by atoms with Crippen molar-refractivity contribution in [1.82, 2.24) is 13.7 Å². The fraction of sp³-hybridized carbons (Fsp3) is 0.351. The first-order valence-corrected chi connectivity index (χ1v) is 16.4. The van der Waals surface area contributed by atoms with Crippen molar-refractivity contribution >= 4 is 17.9 Å². The largest absolute Gasteiger partial charge is 0.460 e. The maximum atomic E-state index is 13.4. The molecule has 13 heteroatoms. The lowest BCUT2D eigenvalue weighted by molar-refractivity contribution is 0.0486. The summed E-state index contributed by atoms with van der Waals surface area (Å²) in [6, 6.07) is 20.4. The summed E-state index contributed by atoms with van der Waals surface area (Å²) in [6.07, 6.45) is 1.49. The second-order valence-corrected chi connectivity index (χ2v) is 12.0. The second-order valence-electron chi connectivity index (χ2n) is 12.0. The van der Waals surface area contributed by atoms with Crippen LogP contribution in [0.2, 0.25) is 0 Å². The van der Waals surface area contributed by atoms with Crippen LogP contribution < -0.4 is 22.8 Å². The summed E-state index contributed by atoms with van der Waals surface area (Å²) in [4.78, 5) is 78.4. The molecule has 50 heavy (non-hydrogen) atoms. The van der Waals surface area contributed by atoms with Gasteiger partial charge in [0, 0.05) is 6.54 Å². The predicted molar refractivity (Wildman–Crippen MR) is 185 cm³/mol. The van der Waals surface area contributed by atoms with Crippen LogP contribution in [-0.2, 0) is 53.2 Å². The first-order chi connectivity index (χ1) is 24.0. The topological polar surface area (TPSA) is 171 Å². The van der Waals surface area contributed by atoms with Gasteiger partial charge in [-0.25, -0.2) is 42.5 Å². The van der Waals surface area contributed by atoms with Crippen LogP contribution in [0.5, 0.6) is 0 Å². The standard InChI is InChI=1S/C37H42N4O9/c1-4-26-8-5-11-29(21-26)32(42)48-17-14-39-35(45)40(15-18-49-33(43)30-12-6-9-27(22-30)20-25(2)3)37(47)41(36(39)46)16-19-50-34(44)31-13-7-10-28(23-31)24-38/h5-13,21-23,25H,4,14-20,24,38H2,1-3H3. The number of rotatable bonds is 16. The number of carbonyl (C=O) groups excluding carboxylic acids is 3. The van der Waals surface area contributed by atoms with Crippen molar-refractivity contribution < 1.29 is 28.6 Å². The van der Waals surface area contributed by atoms with Gasteiger partial charge >= 0.3 is 35.0 Å². The van der Waals surface area contributed by atoms with Crippen LogP contribution in [0.15, 0.2) is 87.2 Å². The lowest BCUT2D eigenvalue weighted by Gasteiger charge is -2.15. The molecule has 4 aromatic rings. The van der Waals surface area contributed by atoms with Crippen LogP contribution in [0.25, 0.3) is 0 Å². The lowest BCUT2D eigenvalue weighted by Crippen LogP contribution is -2.55. The quantitative estimate of drug-likeness (QED) is 0.137. The van der Waals surface area contributed by atoms with E-state index in [1.54, 1.807) is 60.7 Å². The van der Waals surface area contributed by atoms with Crippen LogP contribution in [0.4, 0.5) is 0 Å². The molecule has 0 bridgehead atoms. The third-order valence-electron chi connectivity index (χ3n) is 7.81. The summed E-state index contributed by atoms with van der Waals surface area (Å²) in [5, 5.41) is 0. The zero-order valence-corrected chi connectivity index (χ0v) is 28.5. The molecule has 0 saturated carbocycles. The van der Waals surface area contributed by atoms with Crippen LogP contribution >= 0.6 is 0 Å². The molecule has 3 aromatic carbocycles. The molecule has 0 aliphatic carbocycles. The highest BCUT2D eigenvalue weighted by Gasteiger charge is 2.18. The van der Waals surface area contributed by atoms with Crippen molar-refractivity contribution in [2.45, 2.75) is 59.8 Å². The number of benzene rings is 3. The Hall–Kier alpha value is -5.56. The van der Waals surface area contributed by atoms with E-state index in [-0.39, 0.29) is 51.6 Å². The van der Waals surface area contributed by atoms with Gasteiger partial charge in [0.05, 0.1) is 36.3 Å². The number of ether oxygens (including phenoxy) is 3. The molecule has 0 atom stereocenters. The molecule has 4 rings (SSSR count). The molecular weight excluding hydrogens is 644 g/mol. The number of aryl methyl sites for hydroxylation is 1. The fourth-order valence-corrected chi connectivity index (χ4v) is 5.24. The zero-order valence-electron chi connectivity index (χ0n) is 28.5. The van der Waals surface area contributed by atoms with Crippen molar-refractivity contribution in [2.24, 2.45) is 11.7 Å². The first kappa shape index (κ1) is 37.3. The molecule has 1 aromatic heterocycles. The Morgan fingerprint density at radius 1 is 0.600 bits per heavy atom. The molecule has 0 aliphatic rings. The molecule has 0 fully saturated rings. The minimum absolute atomic E-state index is 0.220. The Morgan fingerprint density at radius 2 is 0.960 bits per heavy atom. The highest BCUT2D eigenvalue weighted by atomic mass is 16.5. The minimum atomic E-state index is -0.986. The van der Waals surface area contributed by atoms with Crippen molar-refractivity contribution in [2.75, 3.05) is 19.8 Å². The summed E-state index contributed by atoms with van der Waals surface area (Å²) in [6.45, 7) is 4.10. The smallest absolute Gasteiger partial charge is 0.338 e. The van der Waals surface area contributed by atoms with Crippen molar-refractivity contribution in [3.05, 3.63) is 138 Å². The molecule has 0 unspecified atom stereocenters. The molecule has 2 N–H and O–H groups in total. The number of nitrogens with zero attached hydrogens (tertiary/aromatic N) is 3. The molecule has 13 nitrogen and oxygen atoms in total. The Kier molecular flexibility index (Phi) is 13.2. The Balaban J connectivity index is 1.53. The highest BCUT2D eigenvalue weighted by Crippen LogP contribution is 2.12. The summed E-state index contributed by atoms with van der Waals surface area (Å²) < 4.78 is 18.3. The van der Waals surface area contributed by atoms with E-state index in [1.165, 1.54) is 0 Å². The van der Waals surface area contributed by atoms with Gasteiger partial charge < -0.3 is 19.9 Å². The van der Waals surface area contributed by atoms with E-state index < -0.39 is 35.0 Å². The van der Waals surface area contributed by atoms with E-state index in [9.17, 15) is 28.8 Å². The normalized spacial score (nSPS) is 11.0. The van der Waals surface area contributed by atoms with E-state index in [4.69, 9.17) is 19.9 Å². The van der Waals surface area contributed by atoms with E-state index >= 15 is 0 Å². The van der Waals surface area contributed by atoms with Gasteiger partial charge in [0.25, 0.3) is 0 Å². The third kappa shape index (κ3) is 9.75. The maximum Gasteiger partial charge on any atom is 0.338 e. The van der Waals surface area contributed by atoms with Crippen LogP contribution in [0, 0.1) is 5.92 Å². The molecule has 0 spiro atoms. The van der Waals surface area contributed by atoms with E-state index in [1.807, 2.05) is 19.1 Å². The summed E-state index contributed by atoms with van der Waals surface area (Å²) in [5.74, 6) is -1.59. The van der Waals surface area contributed by atoms with Crippen molar-refractivity contribution in [3.8, 4) is 0 Å². The van der Waals surface area contributed by atoms with Crippen molar-refractivity contribution in [1.29, 1.82) is 0 Å². The highest BCUT2D eigenvalue weighted by molar-refractivity contribution is 5.90. The number of hydrogen-bond donors (Lipinski definition) is 1. The third-order valence-corrected chi connectivity index (χ3v) is 7.81.